The molecule has 16 nitrogen and oxygen atoms in total. The molecule has 0 bridgehead atoms. The number of hydrogen-bond acceptors (Lipinski definition) is 12. The second-order valence-electron chi connectivity index (χ2n) is 17.4. The SMILES string of the molecule is COC(=O)c1ccc([N+](=O)[O-])c(COC(=O)N(C)c2ccc3c(c2)[Si](C)(C)c2cc(N(C)C(=O)OCc4cc(C)ccc4[N+](=O)[O-])ccc2C32OC(=O)c3ccc(C(C)(C)C)cc32)c1. The average Bonchev–Trinajstić information content (AvgIpc) is 3.56. The number of fused-ring (bicyclic) bond motifs is 6. The second kappa shape index (κ2) is 16.4. The molecule has 5 aromatic rings. The summed E-state index contributed by atoms with van der Waals surface area (Å²) in [5.41, 5.74) is 3.13. The molecule has 2 amide bonds. The number of nitrogens with zero attached hydrogens (tertiary/aromatic N) is 4. The summed E-state index contributed by atoms with van der Waals surface area (Å²) >= 11 is 0. The standard InChI is InChI=1S/C47H46N4O12Si/c1-27-10-18-38(50(56)57)29(20-27)25-61-44(54)48(5)32-13-16-35-40(23-32)64(8,9)41-24-33(49(6)45(55)62-26-30-21-28(42(52)60-7)11-19-39(30)51(58)59)14-17-36(41)47(35)37-22-31(46(2,3)4)12-15-34(37)43(53)63-47/h10-24H,25-26H2,1-9H3. The molecule has 0 fully saturated rings. The first-order chi connectivity index (χ1) is 30.1. The molecule has 2 aliphatic heterocycles. The Kier molecular flexibility index (Phi) is 11.4. The molecule has 330 valence electrons. The molecular formula is C47H46N4O12Si. The van der Waals surface area contributed by atoms with Gasteiger partial charge in [-0.05, 0) is 82.9 Å². The number of aryl methyl sites for hydroxylation is 1. The van der Waals surface area contributed by atoms with Gasteiger partial charge in [0.25, 0.3) is 11.4 Å². The molecule has 2 aliphatic rings. The second-order valence-corrected chi connectivity index (χ2v) is 21.7. The number of nitro groups is 2. The zero-order valence-corrected chi connectivity index (χ0v) is 37.8. The Morgan fingerprint density at radius 2 is 1.23 bits per heavy atom. The number of anilines is 2. The number of nitro benzene ring substituents is 2. The van der Waals surface area contributed by atoms with Crippen LogP contribution in [0.2, 0.25) is 13.1 Å². The van der Waals surface area contributed by atoms with Crippen molar-refractivity contribution in [3.8, 4) is 0 Å². The molecular weight excluding hydrogens is 841 g/mol. The monoisotopic (exact) mass is 886 g/mol. The van der Waals surface area contributed by atoms with Crippen LogP contribution in [0.5, 0.6) is 0 Å². The lowest BCUT2D eigenvalue weighted by Gasteiger charge is -2.44. The first-order valence-electron chi connectivity index (χ1n) is 20.2. The minimum absolute atomic E-state index is 0.00958. The summed E-state index contributed by atoms with van der Waals surface area (Å²) in [6.45, 7) is 11.4. The Balaban J connectivity index is 1.29. The van der Waals surface area contributed by atoms with Crippen molar-refractivity contribution in [2.75, 3.05) is 31.0 Å². The first-order valence-corrected chi connectivity index (χ1v) is 23.2. The topological polar surface area (TPSA) is 198 Å². The molecule has 0 N–H and O–H groups in total. The zero-order valence-electron chi connectivity index (χ0n) is 36.8. The Morgan fingerprint density at radius 1 is 0.719 bits per heavy atom. The van der Waals surface area contributed by atoms with Gasteiger partial charge in [0.1, 0.15) is 21.3 Å². The zero-order chi connectivity index (χ0) is 46.6. The molecule has 0 saturated carbocycles. The molecule has 1 spiro atoms. The number of rotatable bonds is 9. The Labute approximate surface area is 369 Å². The molecule has 0 saturated heterocycles. The van der Waals surface area contributed by atoms with Crippen LogP contribution in [0.25, 0.3) is 0 Å². The van der Waals surface area contributed by atoms with Gasteiger partial charge in [-0.3, -0.25) is 30.0 Å². The van der Waals surface area contributed by atoms with E-state index in [0.29, 0.717) is 33.6 Å². The highest BCUT2D eigenvalue weighted by atomic mass is 28.3. The lowest BCUT2D eigenvalue weighted by atomic mass is 9.76. The Hall–Kier alpha value is -7.40. The Morgan fingerprint density at radius 3 is 1.73 bits per heavy atom. The van der Waals surface area contributed by atoms with E-state index in [1.165, 1.54) is 49.2 Å². The molecule has 0 aromatic heterocycles. The van der Waals surface area contributed by atoms with E-state index in [0.717, 1.165) is 27.6 Å². The molecule has 2 heterocycles. The van der Waals surface area contributed by atoms with Gasteiger partial charge in [0.05, 0.1) is 39.2 Å². The van der Waals surface area contributed by atoms with E-state index in [-0.39, 0.29) is 40.1 Å². The molecule has 1 atom stereocenters. The van der Waals surface area contributed by atoms with Crippen LogP contribution in [0.15, 0.2) is 91.0 Å². The van der Waals surface area contributed by atoms with Gasteiger partial charge in [-0.25, -0.2) is 19.2 Å². The number of amides is 2. The van der Waals surface area contributed by atoms with Crippen LogP contribution in [0.3, 0.4) is 0 Å². The van der Waals surface area contributed by atoms with E-state index in [9.17, 15) is 39.4 Å². The maximum absolute atomic E-state index is 14.0. The highest BCUT2D eigenvalue weighted by molar-refractivity contribution is 7.01. The molecule has 1 unspecified atom stereocenters. The predicted molar refractivity (Wildman–Crippen MR) is 240 cm³/mol. The van der Waals surface area contributed by atoms with E-state index in [1.54, 1.807) is 37.3 Å². The van der Waals surface area contributed by atoms with Crippen LogP contribution in [0.1, 0.15) is 80.4 Å². The van der Waals surface area contributed by atoms with Crippen LogP contribution < -0.4 is 20.2 Å². The van der Waals surface area contributed by atoms with Crippen molar-refractivity contribution in [1.29, 1.82) is 0 Å². The number of methoxy groups -OCH3 is 1. The van der Waals surface area contributed by atoms with Crippen LogP contribution in [-0.2, 0) is 43.2 Å². The van der Waals surface area contributed by atoms with E-state index in [4.69, 9.17) is 18.9 Å². The maximum atomic E-state index is 14.0. The first kappa shape index (κ1) is 44.6. The van der Waals surface area contributed by atoms with Gasteiger partial charge < -0.3 is 18.9 Å². The number of hydrogen-bond donors (Lipinski definition) is 0. The van der Waals surface area contributed by atoms with Crippen molar-refractivity contribution >= 4 is 65.3 Å². The fraction of sp³-hybridized carbons (Fsp3) is 0.277. The maximum Gasteiger partial charge on any atom is 0.414 e. The van der Waals surface area contributed by atoms with Crippen molar-refractivity contribution in [1.82, 2.24) is 0 Å². The van der Waals surface area contributed by atoms with Gasteiger partial charge in [-0.2, -0.15) is 0 Å². The Bertz CT molecular complexity index is 2820. The average molecular weight is 887 g/mol. The summed E-state index contributed by atoms with van der Waals surface area (Å²) in [5.74, 6) is -1.23. The van der Waals surface area contributed by atoms with Crippen LogP contribution >= 0.6 is 0 Å². The van der Waals surface area contributed by atoms with Crippen LogP contribution in [0, 0.1) is 27.2 Å². The number of esters is 2. The number of carbonyl (C=O) groups excluding carboxylic acids is 4. The lowest BCUT2D eigenvalue weighted by Crippen LogP contribution is -2.63. The van der Waals surface area contributed by atoms with Gasteiger partial charge >= 0.3 is 24.1 Å². The molecule has 7 rings (SSSR count). The van der Waals surface area contributed by atoms with Crippen LogP contribution in [-0.4, -0.2) is 63.3 Å². The van der Waals surface area contributed by atoms with Crippen molar-refractivity contribution < 1.29 is 48.0 Å². The van der Waals surface area contributed by atoms with Crippen molar-refractivity contribution in [3.63, 3.8) is 0 Å². The smallest absolute Gasteiger partial charge is 0.414 e. The third-order valence-electron chi connectivity index (χ3n) is 12.0. The number of carbonyl (C=O) groups is 4. The normalized spacial score (nSPS) is 15.5. The molecule has 64 heavy (non-hydrogen) atoms. The van der Waals surface area contributed by atoms with Gasteiger partial charge in [0, 0.05) is 54.3 Å². The summed E-state index contributed by atoms with van der Waals surface area (Å²) in [5, 5.41) is 25.2. The fourth-order valence-electron chi connectivity index (χ4n) is 8.36. The quantitative estimate of drug-likeness (QED) is 0.0455. The summed E-state index contributed by atoms with van der Waals surface area (Å²) < 4.78 is 22.5. The van der Waals surface area contributed by atoms with Gasteiger partial charge in [-0.15, -0.1) is 0 Å². The number of ether oxygens (including phenoxy) is 4. The largest absolute Gasteiger partial charge is 0.465 e. The molecule has 0 aliphatic carbocycles. The summed E-state index contributed by atoms with van der Waals surface area (Å²) in [7, 11) is 1.32. The van der Waals surface area contributed by atoms with Crippen molar-refractivity contribution in [2.24, 2.45) is 0 Å². The van der Waals surface area contributed by atoms with E-state index in [2.05, 4.69) is 33.9 Å². The highest BCUT2D eigenvalue weighted by Gasteiger charge is 2.56. The minimum Gasteiger partial charge on any atom is -0.465 e. The van der Waals surface area contributed by atoms with Crippen molar-refractivity contribution in [2.45, 2.75) is 65.0 Å². The van der Waals surface area contributed by atoms with E-state index in [1.807, 2.05) is 36.4 Å². The number of benzene rings is 5. The van der Waals surface area contributed by atoms with Crippen molar-refractivity contribution in [3.05, 3.63) is 161 Å². The lowest BCUT2D eigenvalue weighted by molar-refractivity contribution is -0.386. The highest BCUT2D eigenvalue weighted by Crippen LogP contribution is 2.50. The van der Waals surface area contributed by atoms with E-state index < -0.39 is 54.3 Å². The minimum atomic E-state index is -2.90. The molecule has 0 radical (unpaired) electrons. The van der Waals surface area contributed by atoms with Gasteiger partial charge in [-0.1, -0.05) is 63.7 Å². The van der Waals surface area contributed by atoms with Gasteiger partial charge in [0.15, 0.2) is 5.60 Å². The third-order valence-corrected chi connectivity index (χ3v) is 15.5. The third kappa shape index (κ3) is 7.71. The summed E-state index contributed by atoms with van der Waals surface area (Å²) in [6, 6.07) is 24.8. The van der Waals surface area contributed by atoms with Gasteiger partial charge in [0.2, 0.25) is 0 Å². The summed E-state index contributed by atoms with van der Waals surface area (Å²) in [6.07, 6.45) is -1.59. The molecule has 17 heteroatoms. The summed E-state index contributed by atoms with van der Waals surface area (Å²) in [4.78, 5) is 78.4. The predicted octanol–water partition coefficient (Wildman–Crippen LogP) is 8.04. The fourth-order valence-corrected chi connectivity index (χ4v) is 11.5. The van der Waals surface area contributed by atoms with Crippen LogP contribution in [0.4, 0.5) is 32.3 Å². The van der Waals surface area contributed by atoms with E-state index >= 15 is 0 Å². The molecule has 5 aromatic carbocycles.